The summed E-state index contributed by atoms with van der Waals surface area (Å²) in [6, 6.07) is 0.403. The van der Waals surface area contributed by atoms with E-state index in [1.54, 1.807) is 11.3 Å². The monoisotopic (exact) mass is 194 g/mol. The van der Waals surface area contributed by atoms with Crippen LogP contribution in [0.3, 0.4) is 0 Å². The maximum absolute atomic E-state index is 5.36. The lowest BCUT2D eigenvalue weighted by Gasteiger charge is -2.15. The quantitative estimate of drug-likeness (QED) is 0.743. The topological polar surface area (TPSA) is 24.9 Å². The van der Waals surface area contributed by atoms with Gasteiger partial charge in [-0.05, 0) is 13.3 Å². The molecule has 1 aromatic heterocycles. The fourth-order valence-electron chi connectivity index (χ4n) is 1.11. The molecule has 1 heterocycles. The van der Waals surface area contributed by atoms with Crippen molar-refractivity contribution in [3.05, 3.63) is 16.6 Å². The molecule has 0 spiro atoms. The molecule has 3 heteroatoms. The molecule has 0 aromatic carbocycles. The summed E-state index contributed by atoms with van der Waals surface area (Å²) in [4.78, 5) is 4.23. The summed E-state index contributed by atoms with van der Waals surface area (Å²) < 4.78 is 0. The second kappa shape index (κ2) is 5.00. The first kappa shape index (κ1) is 10.2. The fraction of sp³-hybridized carbons (Fsp3) is 0.500. The van der Waals surface area contributed by atoms with Crippen LogP contribution in [0.25, 0.3) is 0 Å². The van der Waals surface area contributed by atoms with Gasteiger partial charge >= 0.3 is 0 Å². The van der Waals surface area contributed by atoms with Gasteiger partial charge < -0.3 is 0 Å². The predicted octanol–water partition coefficient (Wildman–Crippen LogP) is 2.21. The molecule has 0 fully saturated rings. The molecular formula is C10H14N2S. The summed E-state index contributed by atoms with van der Waals surface area (Å²) in [5, 5.41) is 6.40. The zero-order valence-electron chi connectivity index (χ0n) is 7.95. The second-order valence-electron chi connectivity index (χ2n) is 2.89. The van der Waals surface area contributed by atoms with Gasteiger partial charge in [0.1, 0.15) is 5.01 Å². The molecule has 0 aliphatic heterocycles. The highest BCUT2D eigenvalue weighted by Crippen LogP contribution is 2.15. The lowest BCUT2D eigenvalue weighted by atomic mass is 10.2. The highest BCUT2D eigenvalue weighted by Gasteiger charge is 2.10. The lowest BCUT2D eigenvalue weighted by Crippen LogP contribution is -2.29. The third-order valence-corrected chi connectivity index (χ3v) is 2.84. The molecule has 0 radical (unpaired) electrons. The number of nitrogens with zero attached hydrogens (tertiary/aromatic N) is 1. The number of hydrogen-bond acceptors (Lipinski definition) is 3. The first-order valence-electron chi connectivity index (χ1n) is 4.39. The number of hydrogen-bond donors (Lipinski definition) is 1. The van der Waals surface area contributed by atoms with E-state index < -0.39 is 0 Å². The van der Waals surface area contributed by atoms with Gasteiger partial charge in [0.15, 0.2) is 0 Å². The molecule has 13 heavy (non-hydrogen) atoms. The van der Waals surface area contributed by atoms with Gasteiger partial charge in [-0.15, -0.1) is 17.8 Å². The van der Waals surface area contributed by atoms with Crippen LogP contribution < -0.4 is 5.32 Å². The Morgan fingerprint density at radius 3 is 3.00 bits per heavy atom. The molecule has 0 aliphatic carbocycles. The summed E-state index contributed by atoms with van der Waals surface area (Å²) in [5.74, 6) is 2.71. The van der Waals surface area contributed by atoms with Gasteiger partial charge in [0.25, 0.3) is 0 Å². The first-order chi connectivity index (χ1) is 6.27. The SMILES string of the molecule is C#CC(CC)NC(C)c1nccs1. The van der Waals surface area contributed by atoms with Crippen LogP contribution >= 0.6 is 11.3 Å². The van der Waals surface area contributed by atoms with Crippen LogP contribution in [-0.2, 0) is 0 Å². The molecule has 1 N–H and O–H groups in total. The number of terminal acetylenes is 1. The normalized spacial score (nSPS) is 14.8. The maximum atomic E-state index is 5.36. The Bertz CT molecular complexity index is 274. The van der Waals surface area contributed by atoms with Crippen molar-refractivity contribution in [2.45, 2.75) is 32.4 Å². The van der Waals surface area contributed by atoms with Crippen LogP contribution in [-0.4, -0.2) is 11.0 Å². The molecule has 0 saturated heterocycles. The maximum Gasteiger partial charge on any atom is 0.109 e. The molecule has 0 saturated carbocycles. The summed E-state index contributed by atoms with van der Waals surface area (Å²) in [6.07, 6.45) is 8.12. The zero-order chi connectivity index (χ0) is 9.68. The molecule has 0 amide bonds. The smallest absolute Gasteiger partial charge is 0.109 e. The zero-order valence-corrected chi connectivity index (χ0v) is 8.77. The van der Waals surface area contributed by atoms with Crippen molar-refractivity contribution in [1.82, 2.24) is 10.3 Å². The third kappa shape index (κ3) is 2.83. The second-order valence-corrected chi connectivity index (χ2v) is 3.81. The molecule has 70 valence electrons. The van der Waals surface area contributed by atoms with Gasteiger partial charge in [0, 0.05) is 11.6 Å². The van der Waals surface area contributed by atoms with E-state index in [4.69, 9.17) is 6.42 Å². The predicted molar refractivity (Wildman–Crippen MR) is 56.6 cm³/mol. The van der Waals surface area contributed by atoms with Crippen LogP contribution in [0.4, 0.5) is 0 Å². The summed E-state index contributed by atoms with van der Waals surface area (Å²) in [7, 11) is 0. The Hall–Kier alpha value is -0.850. The van der Waals surface area contributed by atoms with Crippen molar-refractivity contribution in [3.63, 3.8) is 0 Å². The summed E-state index contributed by atoms with van der Waals surface area (Å²) in [6.45, 7) is 4.16. The van der Waals surface area contributed by atoms with Crippen LogP contribution in [0.1, 0.15) is 31.3 Å². The van der Waals surface area contributed by atoms with E-state index in [0.717, 1.165) is 11.4 Å². The van der Waals surface area contributed by atoms with Gasteiger partial charge in [0.05, 0.1) is 12.1 Å². The minimum absolute atomic E-state index is 0.152. The number of aromatic nitrogens is 1. The van der Waals surface area contributed by atoms with Gasteiger partial charge in [-0.3, -0.25) is 5.32 Å². The van der Waals surface area contributed by atoms with E-state index in [1.165, 1.54) is 0 Å². The first-order valence-corrected chi connectivity index (χ1v) is 5.27. The van der Waals surface area contributed by atoms with Crippen LogP contribution in [0, 0.1) is 12.3 Å². The van der Waals surface area contributed by atoms with E-state index in [-0.39, 0.29) is 12.1 Å². The Balaban J connectivity index is 2.51. The van der Waals surface area contributed by atoms with Crippen molar-refractivity contribution in [2.75, 3.05) is 0 Å². The van der Waals surface area contributed by atoms with E-state index in [1.807, 2.05) is 11.6 Å². The highest BCUT2D eigenvalue weighted by molar-refractivity contribution is 7.09. The van der Waals surface area contributed by atoms with Crippen molar-refractivity contribution in [3.8, 4) is 12.3 Å². The van der Waals surface area contributed by atoms with Crippen molar-refractivity contribution in [2.24, 2.45) is 0 Å². The minimum atomic E-state index is 0.152. The Morgan fingerprint density at radius 2 is 2.54 bits per heavy atom. The van der Waals surface area contributed by atoms with Gasteiger partial charge in [-0.2, -0.15) is 0 Å². The van der Waals surface area contributed by atoms with Crippen molar-refractivity contribution in [1.29, 1.82) is 0 Å². The Morgan fingerprint density at radius 1 is 1.77 bits per heavy atom. The fourth-order valence-corrected chi connectivity index (χ4v) is 1.76. The van der Waals surface area contributed by atoms with Crippen molar-refractivity contribution < 1.29 is 0 Å². The average molecular weight is 194 g/mol. The van der Waals surface area contributed by atoms with Gasteiger partial charge in [-0.1, -0.05) is 12.8 Å². The average Bonchev–Trinajstić information content (AvgIpc) is 2.66. The standard InChI is InChI=1S/C10H14N2S/c1-4-9(5-2)12-8(3)10-11-6-7-13-10/h1,6-9,12H,5H2,2-3H3. The largest absolute Gasteiger partial charge is 0.295 e. The summed E-state index contributed by atoms with van der Waals surface area (Å²) >= 11 is 1.65. The molecule has 2 nitrogen and oxygen atoms in total. The van der Waals surface area contributed by atoms with Crippen LogP contribution in [0.2, 0.25) is 0 Å². The van der Waals surface area contributed by atoms with Gasteiger partial charge in [-0.25, -0.2) is 4.98 Å². The molecule has 2 unspecified atom stereocenters. The number of rotatable bonds is 4. The molecule has 0 bridgehead atoms. The lowest BCUT2D eigenvalue weighted by molar-refractivity contribution is 0.510. The number of nitrogens with one attached hydrogen (secondary N) is 1. The van der Waals surface area contributed by atoms with Crippen LogP contribution in [0.5, 0.6) is 0 Å². The van der Waals surface area contributed by atoms with E-state index >= 15 is 0 Å². The molecule has 1 aromatic rings. The number of thiazole rings is 1. The van der Waals surface area contributed by atoms with Crippen LogP contribution in [0.15, 0.2) is 11.6 Å². The molecule has 1 rings (SSSR count). The van der Waals surface area contributed by atoms with Crippen molar-refractivity contribution >= 4 is 11.3 Å². The third-order valence-electron chi connectivity index (χ3n) is 1.88. The minimum Gasteiger partial charge on any atom is -0.295 e. The highest BCUT2D eigenvalue weighted by atomic mass is 32.1. The van der Waals surface area contributed by atoms with E-state index in [0.29, 0.717) is 0 Å². The van der Waals surface area contributed by atoms with E-state index in [9.17, 15) is 0 Å². The molecule has 0 aliphatic rings. The van der Waals surface area contributed by atoms with E-state index in [2.05, 4.69) is 30.1 Å². The molecule has 2 atom stereocenters. The van der Waals surface area contributed by atoms with Gasteiger partial charge in [0.2, 0.25) is 0 Å². The Kier molecular flexibility index (Phi) is 3.94. The molecular weight excluding hydrogens is 180 g/mol. The summed E-state index contributed by atoms with van der Waals surface area (Å²) in [5.41, 5.74) is 0. The Labute approximate surface area is 83.4 Å².